The van der Waals surface area contributed by atoms with Crippen molar-refractivity contribution in [1.82, 2.24) is 9.78 Å². The van der Waals surface area contributed by atoms with Crippen LogP contribution in [0.25, 0.3) is 0 Å². The van der Waals surface area contributed by atoms with Crippen molar-refractivity contribution in [2.75, 3.05) is 0 Å². The average molecular weight is 199 g/mol. The standard InChI is InChI=1S/C10H15ClN2/c1-2-13-10(11)8-6-4-3-5-7-9(8)12-13/h2-7H2,1H3. The first-order valence-electron chi connectivity index (χ1n) is 5.07. The number of hydrogen-bond donors (Lipinski definition) is 0. The zero-order valence-electron chi connectivity index (χ0n) is 8.02. The van der Waals surface area contributed by atoms with E-state index in [1.165, 1.54) is 30.5 Å². The first-order chi connectivity index (χ1) is 6.33. The Kier molecular flexibility index (Phi) is 2.58. The maximum Gasteiger partial charge on any atom is 0.130 e. The third kappa shape index (κ3) is 1.60. The molecule has 3 heteroatoms. The summed E-state index contributed by atoms with van der Waals surface area (Å²) in [5, 5.41) is 5.39. The first-order valence-corrected chi connectivity index (χ1v) is 5.44. The van der Waals surface area contributed by atoms with Gasteiger partial charge in [-0.05, 0) is 32.6 Å². The predicted molar refractivity (Wildman–Crippen MR) is 54.2 cm³/mol. The molecule has 0 spiro atoms. The van der Waals surface area contributed by atoms with Crippen LogP contribution in [-0.2, 0) is 19.4 Å². The van der Waals surface area contributed by atoms with E-state index in [0.717, 1.165) is 24.5 Å². The van der Waals surface area contributed by atoms with Gasteiger partial charge in [0, 0.05) is 12.1 Å². The van der Waals surface area contributed by atoms with Crippen LogP contribution < -0.4 is 0 Å². The molecule has 1 aliphatic carbocycles. The molecule has 1 aromatic rings. The Morgan fingerprint density at radius 1 is 1.31 bits per heavy atom. The van der Waals surface area contributed by atoms with Crippen molar-refractivity contribution in [3.05, 3.63) is 16.4 Å². The molecule has 0 aromatic carbocycles. The van der Waals surface area contributed by atoms with E-state index in [2.05, 4.69) is 12.0 Å². The lowest BCUT2D eigenvalue weighted by Crippen LogP contribution is -1.97. The monoisotopic (exact) mass is 198 g/mol. The summed E-state index contributed by atoms with van der Waals surface area (Å²) in [6.07, 6.45) is 6.08. The van der Waals surface area contributed by atoms with Crippen LogP contribution in [0.3, 0.4) is 0 Å². The smallest absolute Gasteiger partial charge is 0.130 e. The van der Waals surface area contributed by atoms with Gasteiger partial charge >= 0.3 is 0 Å². The molecule has 0 N–H and O–H groups in total. The summed E-state index contributed by atoms with van der Waals surface area (Å²) in [5.41, 5.74) is 2.55. The zero-order valence-corrected chi connectivity index (χ0v) is 8.77. The van der Waals surface area contributed by atoms with Gasteiger partial charge in [0.15, 0.2) is 0 Å². The van der Waals surface area contributed by atoms with Gasteiger partial charge in [0.2, 0.25) is 0 Å². The number of hydrogen-bond acceptors (Lipinski definition) is 1. The Labute approximate surface area is 83.9 Å². The van der Waals surface area contributed by atoms with Gasteiger partial charge in [-0.2, -0.15) is 5.10 Å². The average Bonchev–Trinajstić information content (AvgIpc) is 2.37. The van der Waals surface area contributed by atoms with Crippen LogP contribution in [0, 0.1) is 0 Å². The maximum atomic E-state index is 6.22. The lowest BCUT2D eigenvalue weighted by molar-refractivity contribution is 0.630. The maximum absolute atomic E-state index is 6.22. The largest absolute Gasteiger partial charge is 0.254 e. The minimum Gasteiger partial charge on any atom is -0.254 e. The fourth-order valence-electron chi connectivity index (χ4n) is 1.95. The van der Waals surface area contributed by atoms with Gasteiger partial charge in [-0.3, -0.25) is 4.68 Å². The lowest BCUT2D eigenvalue weighted by Gasteiger charge is -1.98. The van der Waals surface area contributed by atoms with Crippen LogP contribution in [0.2, 0.25) is 5.15 Å². The SMILES string of the molecule is CCn1nc2c(c1Cl)CCCCC2. The van der Waals surface area contributed by atoms with Crippen molar-refractivity contribution in [2.45, 2.75) is 45.6 Å². The molecule has 0 saturated carbocycles. The number of aromatic nitrogens is 2. The van der Waals surface area contributed by atoms with Gasteiger partial charge in [0.05, 0.1) is 5.69 Å². The van der Waals surface area contributed by atoms with Crippen molar-refractivity contribution >= 4 is 11.6 Å². The van der Waals surface area contributed by atoms with Gasteiger partial charge in [-0.25, -0.2) is 0 Å². The Morgan fingerprint density at radius 3 is 2.85 bits per heavy atom. The Hall–Kier alpha value is -0.500. The topological polar surface area (TPSA) is 17.8 Å². The fraction of sp³-hybridized carbons (Fsp3) is 0.700. The third-order valence-corrected chi connectivity index (χ3v) is 3.13. The molecule has 13 heavy (non-hydrogen) atoms. The molecule has 1 aliphatic rings. The molecule has 0 amide bonds. The van der Waals surface area contributed by atoms with Crippen LogP contribution in [0.5, 0.6) is 0 Å². The normalized spacial score (nSPS) is 16.8. The van der Waals surface area contributed by atoms with Crippen LogP contribution in [-0.4, -0.2) is 9.78 Å². The molecule has 0 aliphatic heterocycles. The van der Waals surface area contributed by atoms with Crippen molar-refractivity contribution in [1.29, 1.82) is 0 Å². The molecular weight excluding hydrogens is 184 g/mol. The summed E-state index contributed by atoms with van der Waals surface area (Å²) in [7, 11) is 0. The third-order valence-electron chi connectivity index (χ3n) is 2.71. The summed E-state index contributed by atoms with van der Waals surface area (Å²) in [6.45, 7) is 2.96. The van der Waals surface area contributed by atoms with Gasteiger partial charge in [-0.15, -0.1) is 0 Å². The number of rotatable bonds is 1. The molecule has 0 atom stereocenters. The summed E-state index contributed by atoms with van der Waals surface area (Å²) < 4.78 is 1.91. The van der Waals surface area contributed by atoms with Crippen molar-refractivity contribution in [2.24, 2.45) is 0 Å². The fourth-order valence-corrected chi connectivity index (χ4v) is 2.31. The second-order valence-electron chi connectivity index (χ2n) is 3.59. The van der Waals surface area contributed by atoms with E-state index in [9.17, 15) is 0 Å². The van der Waals surface area contributed by atoms with E-state index in [-0.39, 0.29) is 0 Å². The van der Waals surface area contributed by atoms with E-state index < -0.39 is 0 Å². The molecule has 2 nitrogen and oxygen atoms in total. The van der Waals surface area contributed by atoms with Gasteiger partial charge < -0.3 is 0 Å². The number of aryl methyl sites for hydroxylation is 2. The van der Waals surface area contributed by atoms with E-state index in [1.807, 2.05) is 4.68 Å². The molecular formula is C10H15ClN2. The molecule has 2 rings (SSSR count). The van der Waals surface area contributed by atoms with Crippen LogP contribution in [0.15, 0.2) is 0 Å². The Bertz CT molecular complexity index is 304. The second kappa shape index (κ2) is 3.70. The molecule has 1 heterocycles. The summed E-state index contributed by atoms with van der Waals surface area (Å²) in [6, 6.07) is 0. The van der Waals surface area contributed by atoms with Crippen LogP contribution in [0.1, 0.15) is 37.4 Å². The molecule has 0 fully saturated rings. The van der Waals surface area contributed by atoms with Crippen molar-refractivity contribution in [3.8, 4) is 0 Å². The minimum absolute atomic E-state index is 0.874. The highest BCUT2D eigenvalue weighted by Crippen LogP contribution is 2.26. The predicted octanol–water partition coefficient (Wildman–Crippen LogP) is 2.83. The summed E-state index contributed by atoms with van der Waals surface area (Å²) in [5.74, 6) is 0. The Morgan fingerprint density at radius 2 is 2.08 bits per heavy atom. The number of halogens is 1. The molecule has 1 aromatic heterocycles. The lowest BCUT2D eigenvalue weighted by atomic mass is 10.1. The van der Waals surface area contributed by atoms with Crippen molar-refractivity contribution in [3.63, 3.8) is 0 Å². The van der Waals surface area contributed by atoms with Crippen LogP contribution in [0.4, 0.5) is 0 Å². The Balaban J connectivity index is 2.38. The van der Waals surface area contributed by atoms with E-state index >= 15 is 0 Å². The second-order valence-corrected chi connectivity index (χ2v) is 3.95. The first kappa shape index (κ1) is 9.07. The summed E-state index contributed by atoms with van der Waals surface area (Å²) >= 11 is 6.22. The minimum atomic E-state index is 0.874. The highest BCUT2D eigenvalue weighted by molar-refractivity contribution is 6.30. The van der Waals surface area contributed by atoms with Gasteiger partial charge in [-0.1, -0.05) is 18.0 Å². The zero-order chi connectivity index (χ0) is 9.26. The number of fused-ring (bicyclic) bond motifs is 1. The van der Waals surface area contributed by atoms with Crippen LogP contribution >= 0.6 is 11.6 Å². The molecule has 0 radical (unpaired) electrons. The van der Waals surface area contributed by atoms with E-state index in [4.69, 9.17) is 11.6 Å². The molecule has 0 unspecified atom stereocenters. The van der Waals surface area contributed by atoms with E-state index in [0.29, 0.717) is 0 Å². The summed E-state index contributed by atoms with van der Waals surface area (Å²) in [4.78, 5) is 0. The quantitative estimate of drug-likeness (QED) is 0.635. The highest BCUT2D eigenvalue weighted by atomic mass is 35.5. The molecule has 0 saturated heterocycles. The molecule has 0 bridgehead atoms. The van der Waals surface area contributed by atoms with Crippen molar-refractivity contribution < 1.29 is 0 Å². The van der Waals surface area contributed by atoms with E-state index in [1.54, 1.807) is 0 Å². The van der Waals surface area contributed by atoms with Gasteiger partial charge in [0.1, 0.15) is 5.15 Å². The highest BCUT2D eigenvalue weighted by Gasteiger charge is 2.16. The number of nitrogens with zero attached hydrogens (tertiary/aromatic N) is 2. The van der Waals surface area contributed by atoms with Gasteiger partial charge in [0.25, 0.3) is 0 Å². The molecule has 72 valence electrons.